The molecule has 3 amide bonds. The number of hydrogen-bond donors (Lipinski definition) is 2. The van der Waals surface area contributed by atoms with Gasteiger partial charge in [-0.15, -0.1) is 0 Å². The van der Waals surface area contributed by atoms with Crippen LogP contribution in [-0.4, -0.2) is 33.6 Å². The van der Waals surface area contributed by atoms with Crippen LogP contribution in [0, 0.1) is 0 Å². The number of amides is 3. The molecule has 19 heavy (non-hydrogen) atoms. The number of aromatic nitrogens is 2. The molecule has 100 valence electrons. The van der Waals surface area contributed by atoms with Crippen LogP contribution in [0.2, 0.25) is 0 Å². The number of rotatable bonds is 3. The van der Waals surface area contributed by atoms with E-state index < -0.39 is 11.3 Å². The van der Waals surface area contributed by atoms with Gasteiger partial charge in [0.2, 0.25) is 5.91 Å². The Kier molecular flexibility index (Phi) is 4.06. The summed E-state index contributed by atoms with van der Waals surface area (Å²) in [7, 11) is 1.46. The molecule has 0 radical (unpaired) electrons. The van der Waals surface area contributed by atoms with Gasteiger partial charge in [-0.05, 0) is 19.1 Å². The molecule has 0 aliphatic carbocycles. The van der Waals surface area contributed by atoms with Gasteiger partial charge in [0.25, 0.3) is 0 Å². The molecule has 0 aromatic carbocycles. The number of nitrogens with zero attached hydrogens (tertiary/aromatic N) is 2. The summed E-state index contributed by atoms with van der Waals surface area (Å²) in [6.45, 7) is 1.73. The molecule has 1 atom stereocenters. The predicted molar refractivity (Wildman–Crippen MR) is 73.1 cm³/mol. The largest absolute Gasteiger partial charge is 0.341 e. The molecular weight excluding hydrogens is 264 g/mol. The number of carbonyl (C=O) groups excluding carboxylic acids is 2. The molecular formula is C12H14N4O2S. The normalized spacial score (nSPS) is 12.1. The molecule has 0 bridgehead atoms. The standard InChI is InChI=1S/C12H14N4O2S/c1-8(10(17)15-11(18)13-2)19-12-14-7-9-5-3-4-6-16(9)12/h3-8H,1-2H3,(H2,13,15,17,18). The van der Waals surface area contributed by atoms with Gasteiger partial charge in [0.05, 0.1) is 17.0 Å². The molecule has 2 aromatic heterocycles. The number of fused-ring (bicyclic) bond motifs is 1. The maximum Gasteiger partial charge on any atom is 0.321 e. The Bertz CT molecular complexity index is 611. The van der Waals surface area contributed by atoms with Gasteiger partial charge in [0.15, 0.2) is 5.16 Å². The molecule has 0 saturated carbocycles. The van der Waals surface area contributed by atoms with E-state index in [4.69, 9.17) is 0 Å². The summed E-state index contributed by atoms with van der Waals surface area (Å²) < 4.78 is 1.90. The number of imidazole rings is 1. The van der Waals surface area contributed by atoms with Crippen molar-refractivity contribution in [3.05, 3.63) is 30.6 Å². The average Bonchev–Trinajstić information content (AvgIpc) is 2.82. The number of urea groups is 1. The molecule has 0 aliphatic rings. The van der Waals surface area contributed by atoms with Gasteiger partial charge in [-0.3, -0.25) is 14.5 Å². The first-order chi connectivity index (χ1) is 9.11. The molecule has 0 aliphatic heterocycles. The van der Waals surface area contributed by atoms with Crippen LogP contribution in [0.5, 0.6) is 0 Å². The second-order valence-corrected chi connectivity index (χ2v) is 5.17. The summed E-state index contributed by atoms with van der Waals surface area (Å²) in [4.78, 5) is 27.1. The van der Waals surface area contributed by atoms with Gasteiger partial charge in [0.1, 0.15) is 0 Å². The summed E-state index contributed by atoms with van der Waals surface area (Å²) >= 11 is 1.30. The number of hydrogen-bond acceptors (Lipinski definition) is 4. The minimum Gasteiger partial charge on any atom is -0.341 e. The van der Waals surface area contributed by atoms with Gasteiger partial charge in [-0.2, -0.15) is 0 Å². The molecule has 0 fully saturated rings. The lowest BCUT2D eigenvalue weighted by atomic mass is 10.4. The van der Waals surface area contributed by atoms with Gasteiger partial charge < -0.3 is 5.32 Å². The minimum atomic E-state index is -0.509. The lowest BCUT2D eigenvalue weighted by Crippen LogP contribution is -2.41. The highest BCUT2D eigenvalue weighted by atomic mass is 32.2. The van der Waals surface area contributed by atoms with Gasteiger partial charge in [0, 0.05) is 13.2 Å². The van der Waals surface area contributed by atoms with Crippen LogP contribution in [0.3, 0.4) is 0 Å². The maximum absolute atomic E-state index is 11.7. The monoisotopic (exact) mass is 278 g/mol. The van der Waals surface area contributed by atoms with Crippen molar-refractivity contribution in [2.75, 3.05) is 7.05 Å². The minimum absolute atomic E-state index is 0.350. The molecule has 2 heterocycles. The highest BCUT2D eigenvalue weighted by Crippen LogP contribution is 2.22. The fraction of sp³-hybridized carbons (Fsp3) is 0.250. The van der Waals surface area contributed by atoms with Crippen LogP contribution >= 0.6 is 11.8 Å². The van der Waals surface area contributed by atoms with E-state index >= 15 is 0 Å². The molecule has 2 aromatic rings. The Morgan fingerprint density at radius 3 is 2.95 bits per heavy atom. The quantitative estimate of drug-likeness (QED) is 0.829. The first-order valence-electron chi connectivity index (χ1n) is 5.73. The maximum atomic E-state index is 11.7. The van der Waals surface area contributed by atoms with E-state index in [1.54, 1.807) is 13.1 Å². The summed E-state index contributed by atoms with van der Waals surface area (Å²) in [6, 6.07) is 5.25. The van der Waals surface area contributed by atoms with Crippen molar-refractivity contribution in [1.82, 2.24) is 20.0 Å². The third kappa shape index (κ3) is 3.05. The van der Waals surface area contributed by atoms with Crippen LogP contribution < -0.4 is 10.6 Å². The third-order valence-corrected chi connectivity index (χ3v) is 3.60. The van der Waals surface area contributed by atoms with Gasteiger partial charge in [-0.25, -0.2) is 9.78 Å². The van der Waals surface area contributed by atoms with E-state index in [0.717, 1.165) is 10.7 Å². The average molecular weight is 278 g/mol. The van der Waals surface area contributed by atoms with Crippen molar-refractivity contribution in [2.24, 2.45) is 0 Å². The number of nitrogens with one attached hydrogen (secondary N) is 2. The number of pyridine rings is 1. The zero-order chi connectivity index (χ0) is 13.8. The van der Waals surface area contributed by atoms with Crippen molar-refractivity contribution >= 4 is 29.2 Å². The van der Waals surface area contributed by atoms with Crippen molar-refractivity contribution in [2.45, 2.75) is 17.3 Å². The Morgan fingerprint density at radius 1 is 1.42 bits per heavy atom. The first kappa shape index (κ1) is 13.4. The van der Waals surface area contributed by atoms with E-state index in [1.165, 1.54) is 18.8 Å². The van der Waals surface area contributed by atoms with Crippen LogP contribution in [0.4, 0.5) is 4.79 Å². The van der Waals surface area contributed by atoms with Crippen LogP contribution in [0.1, 0.15) is 6.92 Å². The topological polar surface area (TPSA) is 75.5 Å². The Labute approximate surface area is 114 Å². The molecule has 7 heteroatoms. The van der Waals surface area contributed by atoms with Crippen molar-refractivity contribution in [3.8, 4) is 0 Å². The van der Waals surface area contributed by atoms with Crippen molar-refractivity contribution < 1.29 is 9.59 Å². The Balaban J connectivity index is 2.08. The summed E-state index contributed by atoms with van der Waals surface area (Å²) in [5.74, 6) is -0.350. The fourth-order valence-corrected chi connectivity index (χ4v) is 2.37. The Hall–Kier alpha value is -2.02. The fourth-order valence-electron chi connectivity index (χ4n) is 1.49. The molecule has 0 saturated heterocycles. The van der Waals surface area contributed by atoms with Crippen LogP contribution in [-0.2, 0) is 4.79 Å². The summed E-state index contributed by atoms with van der Waals surface area (Å²) in [5.41, 5.74) is 0.962. The van der Waals surface area contributed by atoms with Crippen molar-refractivity contribution in [1.29, 1.82) is 0 Å². The van der Waals surface area contributed by atoms with Crippen LogP contribution in [0.25, 0.3) is 5.52 Å². The van der Waals surface area contributed by atoms with Crippen LogP contribution in [0.15, 0.2) is 35.7 Å². The van der Waals surface area contributed by atoms with E-state index in [1.807, 2.05) is 28.8 Å². The van der Waals surface area contributed by atoms with E-state index in [-0.39, 0.29) is 5.91 Å². The number of thioether (sulfide) groups is 1. The number of carbonyl (C=O) groups is 2. The molecule has 2 rings (SSSR count). The van der Waals surface area contributed by atoms with E-state index in [0.29, 0.717) is 0 Å². The lowest BCUT2D eigenvalue weighted by molar-refractivity contribution is -0.119. The second kappa shape index (κ2) is 5.75. The molecule has 2 N–H and O–H groups in total. The van der Waals surface area contributed by atoms with Gasteiger partial charge >= 0.3 is 6.03 Å². The lowest BCUT2D eigenvalue weighted by Gasteiger charge is -2.09. The van der Waals surface area contributed by atoms with E-state index in [9.17, 15) is 9.59 Å². The highest BCUT2D eigenvalue weighted by Gasteiger charge is 2.18. The SMILES string of the molecule is CNC(=O)NC(=O)C(C)Sc1ncc2ccccn12. The zero-order valence-electron chi connectivity index (χ0n) is 10.6. The van der Waals surface area contributed by atoms with Gasteiger partial charge in [-0.1, -0.05) is 17.8 Å². The van der Waals surface area contributed by atoms with Crippen molar-refractivity contribution in [3.63, 3.8) is 0 Å². The zero-order valence-corrected chi connectivity index (χ0v) is 11.4. The number of imide groups is 1. The predicted octanol–water partition coefficient (Wildman–Crippen LogP) is 1.27. The molecule has 6 nitrogen and oxygen atoms in total. The first-order valence-corrected chi connectivity index (χ1v) is 6.61. The smallest absolute Gasteiger partial charge is 0.321 e. The molecule has 0 spiro atoms. The summed E-state index contributed by atoms with van der Waals surface area (Å²) in [6.07, 6.45) is 3.62. The third-order valence-electron chi connectivity index (χ3n) is 2.52. The highest BCUT2D eigenvalue weighted by molar-refractivity contribution is 8.00. The Morgan fingerprint density at radius 2 is 2.21 bits per heavy atom. The van der Waals surface area contributed by atoms with E-state index in [2.05, 4.69) is 15.6 Å². The molecule has 1 unspecified atom stereocenters. The second-order valence-electron chi connectivity index (χ2n) is 3.86. The summed E-state index contributed by atoms with van der Waals surface area (Å²) in [5, 5.41) is 4.89.